The van der Waals surface area contributed by atoms with Crippen LogP contribution in [0.25, 0.3) is 0 Å². The quantitative estimate of drug-likeness (QED) is 0.297. The van der Waals surface area contributed by atoms with Gasteiger partial charge in [0.15, 0.2) is 0 Å². The second-order valence-electron chi connectivity index (χ2n) is 3.25. The van der Waals surface area contributed by atoms with Crippen LogP contribution >= 0.6 is 25.2 Å². The summed E-state index contributed by atoms with van der Waals surface area (Å²) in [7, 11) is 0. The zero-order valence-corrected chi connectivity index (χ0v) is 18.1. The van der Waals surface area contributed by atoms with Gasteiger partial charge in [0.2, 0.25) is 0 Å². The summed E-state index contributed by atoms with van der Waals surface area (Å²) in [4.78, 5) is 46.7. The molecule has 1 aromatic rings. The van der Waals surface area contributed by atoms with Crippen molar-refractivity contribution in [3.63, 3.8) is 0 Å². The molecule has 0 saturated heterocycles. The minimum absolute atomic E-state index is 1.25. The minimum atomic E-state index is -3.81. The van der Waals surface area contributed by atoms with Crippen LogP contribution < -0.4 is 0 Å². The number of hydrogen-bond donors (Lipinski definition) is 6. The highest BCUT2D eigenvalue weighted by atomic mass is 32.5. The molecule has 1 aromatic carbocycles. The van der Waals surface area contributed by atoms with Crippen LogP contribution in [0.3, 0.4) is 0 Å². The lowest BCUT2D eigenvalue weighted by atomic mass is 10.4. The van der Waals surface area contributed by atoms with E-state index < -0.39 is 13.4 Å². The zero-order chi connectivity index (χ0) is 19.5. The first-order chi connectivity index (χ1) is 10.3. The highest BCUT2D eigenvalue weighted by molar-refractivity contribution is 8.06. The third-order valence-corrected chi connectivity index (χ3v) is 1.72. The lowest BCUT2D eigenvalue weighted by Crippen LogP contribution is -1.65. The Bertz CT molecular complexity index is 386. The molecule has 0 fully saturated rings. The smallest absolute Gasteiger partial charge is 0.319 e. The van der Waals surface area contributed by atoms with Gasteiger partial charge in [-0.1, -0.05) is 52.3 Å². The van der Waals surface area contributed by atoms with E-state index in [0.717, 1.165) is 0 Å². The average molecular weight is 426 g/mol. The van der Waals surface area contributed by atoms with Crippen molar-refractivity contribution in [1.82, 2.24) is 0 Å². The van der Waals surface area contributed by atoms with Crippen molar-refractivity contribution in [3.8, 4) is 0 Å². The maximum absolute atomic E-state index is 7.56. The first kappa shape index (κ1) is 31.4. The molecule has 0 unspecified atom stereocenters. The second-order valence-corrected chi connectivity index (χ2v) is 9.12. The van der Waals surface area contributed by atoms with Crippen LogP contribution in [-0.4, -0.2) is 35.6 Å². The van der Waals surface area contributed by atoms with Crippen LogP contribution in [0.2, 0.25) is 0 Å². The molecule has 11 heteroatoms. The molecule has 0 aliphatic carbocycles. The van der Waals surface area contributed by atoms with E-state index in [1.54, 1.807) is 11.8 Å². The van der Waals surface area contributed by atoms with E-state index in [1.807, 2.05) is 32.0 Å². The van der Waals surface area contributed by atoms with Gasteiger partial charge in [-0.25, -0.2) is 0 Å². The predicted molar refractivity (Wildman–Crippen MR) is 107 cm³/mol. The van der Waals surface area contributed by atoms with E-state index in [0.29, 0.717) is 0 Å². The van der Waals surface area contributed by atoms with E-state index in [9.17, 15) is 0 Å². The van der Waals surface area contributed by atoms with Crippen molar-refractivity contribution in [1.29, 1.82) is 0 Å². The van der Waals surface area contributed by atoms with Crippen molar-refractivity contribution in [3.05, 3.63) is 30.3 Å². The second kappa shape index (κ2) is 20.7. The molecular weight excluding hydrogens is 398 g/mol. The predicted octanol–water partition coefficient (Wildman–Crippen LogP) is 3.23. The van der Waals surface area contributed by atoms with Crippen LogP contribution in [-0.2, 0) is 23.6 Å². The number of thioether (sulfide) groups is 1. The molecule has 0 saturated carbocycles. The summed E-state index contributed by atoms with van der Waals surface area (Å²) in [5, 5.41) is 0. The van der Waals surface area contributed by atoms with Gasteiger partial charge in [0, 0.05) is 4.90 Å². The van der Waals surface area contributed by atoms with E-state index in [-0.39, 0.29) is 0 Å². The Hall–Kier alpha value is 0.630. The molecule has 6 N–H and O–H groups in total. The summed E-state index contributed by atoms with van der Waals surface area (Å²) in [6, 6.07) is 10.3. The summed E-state index contributed by atoms with van der Waals surface area (Å²) < 4.78 is 0. The Morgan fingerprint density at radius 1 is 0.826 bits per heavy atom. The van der Waals surface area contributed by atoms with Gasteiger partial charge < -0.3 is 29.4 Å². The maximum Gasteiger partial charge on any atom is 0.319 e. The Morgan fingerprint density at radius 2 is 1.04 bits per heavy atom. The van der Waals surface area contributed by atoms with Crippen molar-refractivity contribution < 1.29 is 29.4 Å². The Balaban J connectivity index is -0.000000107. The number of hydrogen-bond acceptors (Lipinski definition) is 3. The summed E-state index contributed by atoms with van der Waals surface area (Å²) in [5.74, 6) is 0. The third kappa shape index (κ3) is 85.2. The van der Waals surface area contributed by atoms with Crippen molar-refractivity contribution in [2.24, 2.45) is 0 Å². The molecule has 0 heterocycles. The molecular formula is C12H28O6P2S3. The van der Waals surface area contributed by atoms with Crippen molar-refractivity contribution in [2.75, 3.05) is 6.26 Å². The fourth-order valence-electron chi connectivity index (χ4n) is 0.557. The summed E-state index contributed by atoms with van der Waals surface area (Å²) in [5.41, 5.74) is 0. The highest BCUT2D eigenvalue weighted by Crippen LogP contribution is 2.26. The summed E-state index contributed by atoms with van der Waals surface area (Å²) in [6.45, 7) is 0.639. The lowest BCUT2D eigenvalue weighted by Gasteiger charge is -1.89. The number of benzene rings is 1. The monoisotopic (exact) mass is 426 g/mol. The normalized spacial score (nSPS) is 9.35. The van der Waals surface area contributed by atoms with Crippen LogP contribution in [0.15, 0.2) is 35.2 Å². The molecule has 0 atom stereocenters. The van der Waals surface area contributed by atoms with E-state index >= 15 is 0 Å². The average Bonchev–Trinajstić information content (AvgIpc) is 2.39. The SMILES string of the molecule is CC.CCC.CSc1ccccc1.OP(O)(O)=S.OP(O)(O)=S. The first-order valence-electron chi connectivity index (χ1n) is 6.50. The Kier molecular flexibility index (Phi) is 28.2. The Morgan fingerprint density at radius 3 is 1.17 bits per heavy atom. The third-order valence-electron chi connectivity index (χ3n) is 0.979. The molecule has 0 aliphatic heterocycles. The molecule has 0 radical (unpaired) electrons. The topological polar surface area (TPSA) is 121 Å². The molecule has 6 nitrogen and oxygen atoms in total. The van der Waals surface area contributed by atoms with Gasteiger partial charge in [0.05, 0.1) is 0 Å². The standard InChI is InChI=1S/C7H8S.C3H8.C2H6.2H3O3PS/c1-8-7-5-3-2-4-6-7;1-3-2;1-2;2*1-4(2,3)5/h2-6H,1H3;3H2,1-2H3;1-2H3;2*(H3,1,2,3,5). The highest BCUT2D eigenvalue weighted by Gasteiger charge is 1.92. The van der Waals surface area contributed by atoms with Crippen LogP contribution in [0.4, 0.5) is 0 Å². The van der Waals surface area contributed by atoms with Gasteiger partial charge in [0.25, 0.3) is 0 Å². The van der Waals surface area contributed by atoms with E-state index in [2.05, 4.69) is 55.8 Å². The molecule has 1 rings (SSSR count). The molecule has 0 amide bonds. The van der Waals surface area contributed by atoms with Gasteiger partial charge >= 0.3 is 13.4 Å². The summed E-state index contributed by atoms with van der Waals surface area (Å²) in [6.07, 6.45) is 3.33. The van der Waals surface area contributed by atoms with E-state index in [4.69, 9.17) is 29.4 Å². The largest absolute Gasteiger partial charge is 0.325 e. The zero-order valence-electron chi connectivity index (χ0n) is 13.9. The molecule has 23 heavy (non-hydrogen) atoms. The first-order valence-corrected chi connectivity index (χ1v) is 13.0. The fraction of sp³-hybridized carbons (Fsp3) is 0.500. The van der Waals surface area contributed by atoms with Crippen molar-refractivity contribution >= 4 is 48.8 Å². The molecule has 140 valence electrons. The van der Waals surface area contributed by atoms with Gasteiger partial charge in [-0.15, -0.1) is 11.8 Å². The van der Waals surface area contributed by atoms with Crippen LogP contribution in [0, 0.1) is 0 Å². The minimum Gasteiger partial charge on any atom is -0.325 e. The van der Waals surface area contributed by atoms with Gasteiger partial charge in [-0.2, -0.15) is 0 Å². The molecule has 0 spiro atoms. The molecule has 0 aliphatic rings. The van der Waals surface area contributed by atoms with Crippen molar-refractivity contribution in [2.45, 2.75) is 39.0 Å². The van der Waals surface area contributed by atoms with Crippen LogP contribution in [0.1, 0.15) is 34.1 Å². The molecule has 0 bridgehead atoms. The van der Waals surface area contributed by atoms with E-state index in [1.165, 1.54) is 11.3 Å². The number of rotatable bonds is 1. The fourth-order valence-corrected chi connectivity index (χ4v) is 0.986. The van der Waals surface area contributed by atoms with Gasteiger partial charge in [0.1, 0.15) is 0 Å². The summed E-state index contributed by atoms with van der Waals surface area (Å²) >= 11 is 8.98. The molecule has 0 aromatic heterocycles. The maximum atomic E-state index is 7.56. The lowest BCUT2D eigenvalue weighted by molar-refractivity contribution is 0.361. The van der Waals surface area contributed by atoms with Gasteiger partial charge in [-0.3, -0.25) is 0 Å². The van der Waals surface area contributed by atoms with Crippen LogP contribution in [0.5, 0.6) is 0 Å². The van der Waals surface area contributed by atoms with Gasteiger partial charge in [-0.05, 0) is 42.0 Å². The Labute approximate surface area is 153 Å².